The van der Waals surface area contributed by atoms with Crippen molar-refractivity contribution in [2.45, 2.75) is 0 Å². The van der Waals surface area contributed by atoms with Crippen molar-refractivity contribution in [2.75, 3.05) is 5.32 Å². The first kappa shape index (κ1) is 12.9. The van der Waals surface area contributed by atoms with Crippen molar-refractivity contribution in [1.82, 2.24) is 14.4 Å². The first-order chi connectivity index (χ1) is 9.13. The number of imidazole rings is 1. The highest BCUT2D eigenvalue weighted by atomic mass is 79.9. The lowest BCUT2D eigenvalue weighted by atomic mass is 10.3. The number of nitrogens with zero attached hydrogens (tertiary/aromatic N) is 3. The molecule has 0 atom stereocenters. The number of anilines is 2. The van der Waals surface area contributed by atoms with Crippen LogP contribution < -0.4 is 5.32 Å². The molecular formula is C12H7Br2ClN4. The van der Waals surface area contributed by atoms with Gasteiger partial charge in [0.25, 0.3) is 0 Å². The highest BCUT2D eigenvalue weighted by Gasteiger charge is 2.07. The van der Waals surface area contributed by atoms with Gasteiger partial charge in [-0.25, -0.2) is 9.97 Å². The van der Waals surface area contributed by atoms with Crippen molar-refractivity contribution in [3.63, 3.8) is 0 Å². The van der Waals surface area contributed by atoms with Gasteiger partial charge < -0.3 is 9.72 Å². The second-order valence-corrected chi connectivity index (χ2v) is 5.90. The van der Waals surface area contributed by atoms with Gasteiger partial charge in [0.1, 0.15) is 4.60 Å². The topological polar surface area (TPSA) is 42.2 Å². The Morgan fingerprint density at radius 2 is 2.11 bits per heavy atom. The zero-order chi connectivity index (χ0) is 13.4. The molecule has 3 aromatic rings. The lowest BCUT2D eigenvalue weighted by molar-refractivity contribution is 1.10. The second kappa shape index (κ2) is 5.11. The molecule has 0 unspecified atom stereocenters. The van der Waals surface area contributed by atoms with Crippen molar-refractivity contribution >= 4 is 60.6 Å². The number of rotatable bonds is 2. The Kier molecular flexibility index (Phi) is 3.47. The molecule has 7 heteroatoms. The van der Waals surface area contributed by atoms with E-state index >= 15 is 0 Å². The van der Waals surface area contributed by atoms with E-state index in [0.717, 1.165) is 20.4 Å². The summed E-state index contributed by atoms with van der Waals surface area (Å²) in [5.41, 5.74) is 1.60. The molecule has 96 valence electrons. The van der Waals surface area contributed by atoms with E-state index in [-0.39, 0.29) is 0 Å². The fraction of sp³-hybridized carbons (Fsp3) is 0. The molecule has 0 saturated heterocycles. The summed E-state index contributed by atoms with van der Waals surface area (Å²) in [6.45, 7) is 0. The summed E-state index contributed by atoms with van der Waals surface area (Å²) in [6.07, 6.45) is 5.44. The first-order valence-corrected chi connectivity index (χ1v) is 7.31. The van der Waals surface area contributed by atoms with Crippen LogP contribution in [0.15, 0.2) is 45.9 Å². The molecular weight excluding hydrogens is 395 g/mol. The van der Waals surface area contributed by atoms with Gasteiger partial charge in [-0.05, 0) is 50.1 Å². The van der Waals surface area contributed by atoms with E-state index in [4.69, 9.17) is 11.6 Å². The molecule has 1 aromatic carbocycles. The van der Waals surface area contributed by atoms with Gasteiger partial charge in [0.2, 0.25) is 0 Å². The summed E-state index contributed by atoms with van der Waals surface area (Å²) < 4.78 is 3.47. The molecule has 0 aliphatic carbocycles. The molecule has 19 heavy (non-hydrogen) atoms. The molecule has 0 aliphatic rings. The number of benzene rings is 1. The lowest BCUT2D eigenvalue weighted by Gasteiger charge is -2.08. The van der Waals surface area contributed by atoms with Gasteiger partial charge in [-0.15, -0.1) is 0 Å². The predicted molar refractivity (Wildman–Crippen MR) is 83.1 cm³/mol. The Hall–Kier alpha value is -1.11. The highest BCUT2D eigenvalue weighted by molar-refractivity contribution is 9.10. The Morgan fingerprint density at radius 1 is 1.26 bits per heavy atom. The molecule has 0 aliphatic heterocycles. The molecule has 0 fully saturated rings. The van der Waals surface area contributed by atoms with E-state index in [0.29, 0.717) is 10.8 Å². The number of fused-ring (bicyclic) bond motifs is 1. The van der Waals surface area contributed by atoms with Gasteiger partial charge in [0, 0.05) is 28.8 Å². The molecule has 2 aromatic heterocycles. The SMILES string of the molecule is Clc1cc(Nc2nc(Br)cn3ccnc23)ccc1Br. The zero-order valence-electron chi connectivity index (χ0n) is 9.44. The third-order valence-electron chi connectivity index (χ3n) is 2.53. The van der Waals surface area contributed by atoms with Gasteiger partial charge in [-0.2, -0.15) is 0 Å². The average molecular weight is 402 g/mol. The summed E-state index contributed by atoms with van der Waals surface area (Å²) in [7, 11) is 0. The third kappa shape index (κ3) is 2.61. The minimum atomic E-state index is 0.638. The largest absolute Gasteiger partial charge is 0.337 e. The Bertz CT molecular complexity index is 757. The monoisotopic (exact) mass is 400 g/mol. The second-order valence-electron chi connectivity index (χ2n) is 3.82. The van der Waals surface area contributed by atoms with Gasteiger partial charge in [0.15, 0.2) is 11.5 Å². The van der Waals surface area contributed by atoms with E-state index in [1.165, 1.54) is 0 Å². The third-order valence-corrected chi connectivity index (χ3v) is 4.14. The fourth-order valence-corrected chi connectivity index (χ4v) is 2.52. The summed E-state index contributed by atoms with van der Waals surface area (Å²) >= 11 is 12.8. The predicted octanol–water partition coefficient (Wildman–Crippen LogP) is 4.65. The smallest absolute Gasteiger partial charge is 0.180 e. The van der Waals surface area contributed by atoms with E-state index in [1.807, 2.05) is 35.0 Å². The number of hydrogen-bond acceptors (Lipinski definition) is 3. The fourth-order valence-electron chi connectivity index (χ4n) is 1.70. The van der Waals surface area contributed by atoms with Crippen LogP contribution in [0.25, 0.3) is 5.65 Å². The van der Waals surface area contributed by atoms with E-state index < -0.39 is 0 Å². The summed E-state index contributed by atoms with van der Waals surface area (Å²) in [6, 6.07) is 5.62. The number of hydrogen-bond donors (Lipinski definition) is 1. The van der Waals surface area contributed by atoms with E-state index in [2.05, 4.69) is 47.1 Å². The Morgan fingerprint density at radius 3 is 2.89 bits per heavy atom. The molecule has 4 nitrogen and oxygen atoms in total. The molecule has 0 amide bonds. The number of halogens is 3. The maximum Gasteiger partial charge on any atom is 0.180 e. The van der Waals surface area contributed by atoms with Gasteiger partial charge in [0.05, 0.1) is 5.02 Å². The van der Waals surface area contributed by atoms with Crippen LogP contribution in [0.2, 0.25) is 5.02 Å². The van der Waals surface area contributed by atoms with Crippen LogP contribution in [-0.2, 0) is 0 Å². The van der Waals surface area contributed by atoms with E-state index in [1.54, 1.807) is 6.20 Å². The van der Waals surface area contributed by atoms with Crippen molar-refractivity contribution in [2.24, 2.45) is 0 Å². The minimum Gasteiger partial charge on any atom is -0.337 e. The van der Waals surface area contributed by atoms with Crippen LogP contribution in [0, 0.1) is 0 Å². The lowest BCUT2D eigenvalue weighted by Crippen LogP contribution is -1.98. The van der Waals surface area contributed by atoms with E-state index in [9.17, 15) is 0 Å². The van der Waals surface area contributed by atoms with Crippen LogP contribution in [0.1, 0.15) is 0 Å². The molecule has 1 N–H and O–H groups in total. The van der Waals surface area contributed by atoms with Crippen LogP contribution in [0.3, 0.4) is 0 Å². The van der Waals surface area contributed by atoms with Gasteiger partial charge in [-0.3, -0.25) is 0 Å². The summed E-state index contributed by atoms with van der Waals surface area (Å²) in [4.78, 5) is 8.66. The quantitative estimate of drug-likeness (QED) is 0.678. The number of aromatic nitrogens is 3. The average Bonchev–Trinajstić information content (AvgIpc) is 2.82. The molecule has 3 rings (SSSR count). The highest BCUT2D eigenvalue weighted by Crippen LogP contribution is 2.28. The van der Waals surface area contributed by atoms with Gasteiger partial charge in [-0.1, -0.05) is 11.6 Å². The molecule has 0 bridgehead atoms. The molecule has 0 spiro atoms. The Labute approximate surface area is 131 Å². The van der Waals surface area contributed by atoms with Crippen molar-refractivity contribution in [3.05, 3.63) is 50.9 Å². The van der Waals surface area contributed by atoms with Crippen LogP contribution in [0.4, 0.5) is 11.5 Å². The van der Waals surface area contributed by atoms with Crippen molar-refractivity contribution in [3.8, 4) is 0 Å². The van der Waals surface area contributed by atoms with Crippen LogP contribution >= 0.6 is 43.5 Å². The van der Waals surface area contributed by atoms with Crippen molar-refractivity contribution in [1.29, 1.82) is 0 Å². The molecule has 0 saturated carbocycles. The minimum absolute atomic E-state index is 0.638. The van der Waals surface area contributed by atoms with Gasteiger partial charge >= 0.3 is 0 Å². The van der Waals surface area contributed by atoms with Crippen LogP contribution in [0.5, 0.6) is 0 Å². The summed E-state index contributed by atoms with van der Waals surface area (Å²) in [5, 5.41) is 3.85. The Balaban J connectivity index is 2.04. The molecule has 2 heterocycles. The maximum atomic E-state index is 6.07. The normalized spacial score (nSPS) is 10.9. The van der Waals surface area contributed by atoms with Crippen molar-refractivity contribution < 1.29 is 0 Å². The zero-order valence-corrected chi connectivity index (χ0v) is 13.4. The number of nitrogens with one attached hydrogen (secondary N) is 1. The maximum absolute atomic E-state index is 6.07. The summed E-state index contributed by atoms with van der Waals surface area (Å²) in [5.74, 6) is 0.665. The standard InChI is InChI=1S/C12H7Br2ClN4/c13-8-2-1-7(5-9(8)15)17-11-12-16-3-4-19(12)6-10(14)18-11/h1-6H,(H,17,18). The first-order valence-electron chi connectivity index (χ1n) is 5.35. The van der Waals surface area contributed by atoms with Crippen LogP contribution in [-0.4, -0.2) is 14.4 Å². The molecule has 0 radical (unpaired) electrons.